The Balaban J connectivity index is 1.68. The fraction of sp³-hybridized carbons (Fsp3) is 0.250. The molecule has 3 heteroatoms. The fourth-order valence-corrected chi connectivity index (χ4v) is 2.62. The third kappa shape index (κ3) is 2.92. The summed E-state index contributed by atoms with van der Waals surface area (Å²) in [5, 5.41) is 3.43. The summed E-state index contributed by atoms with van der Waals surface area (Å²) in [7, 11) is 0. The minimum Gasteiger partial charge on any atom is -0.490 e. The van der Waals surface area contributed by atoms with Gasteiger partial charge in [0.05, 0.1) is 0 Å². The van der Waals surface area contributed by atoms with Crippen molar-refractivity contribution >= 4 is 21.6 Å². The summed E-state index contributed by atoms with van der Waals surface area (Å²) in [6.07, 6.45) is 1.33. The first-order chi connectivity index (χ1) is 9.20. The molecule has 98 valence electrons. The van der Waals surface area contributed by atoms with Crippen LogP contribution in [0.5, 0.6) is 5.75 Å². The lowest BCUT2D eigenvalue weighted by Crippen LogP contribution is -2.05. The van der Waals surface area contributed by atoms with Gasteiger partial charge in [-0.3, -0.25) is 0 Å². The van der Waals surface area contributed by atoms with Crippen molar-refractivity contribution in [3.63, 3.8) is 0 Å². The maximum absolute atomic E-state index is 5.71. The Hall–Kier alpha value is -1.48. The quantitative estimate of drug-likeness (QED) is 0.906. The van der Waals surface area contributed by atoms with Gasteiger partial charge in [0.1, 0.15) is 11.9 Å². The second-order valence-corrected chi connectivity index (χ2v) is 5.85. The van der Waals surface area contributed by atoms with Gasteiger partial charge in [-0.1, -0.05) is 28.1 Å². The number of nitrogens with one attached hydrogen (secondary N) is 1. The van der Waals surface area contributed by atoms with Crippen molar-refractivity contribution in [1.29, 1.82) is 0 Å². The molecule has 2 aromatic rings. The van der Waals surface area contributed by atoms with Crippen molar-refractivity contribution in [3.8, 4) is 5.75 Å². The van der Waals surface area contributed by atoms with Crippen LogP contribution in [0.4, 0.5) is 5.69 Å². The molecule has 1 atom stereocenters. The molecule has 0 saturated carbocycles. The molecule has 2 nitrogen and oxygen atoms in total. The van der Waals surface area contributed by atoms with Crippen LogP contribution in [0, 0.1) is 0 Å². The van der Waals surface area contributed by atoms with E-state index < -0.39 is 0 Å². The Labute approximate surface area is 121 Å². The van der Waals surface area contributed by atoms with E-state index in [1.807, 2.05) is 12.1 Å². The van der Waals surface area contributed by atoms with Crippen LogP contribution < -0.4 is 10.1 Å². The van der Waals surface area contributed by atoms with Crippen molar-refractivity contribution in [1.82, 2.24) is 0 Å². The molecule has 0 spiro atoms. The summed E-state index contributed by atoms with van der Waals surface area (Å²) in [4.78, 5) is 0. The molecule has 1 N–H and O–H groups in total. The highest BCUT2D eigenvalue weighted by atomic mass is 79.9. The molecule has 2 aromatic carbocycles. The summed E-state index contributed by atoms with van der Waals surface area (Å²) in [5.74, 6) is 1.04. The Morgan fingerprint density at radius 1 is 1.21 bits per heavy atom. The predicted octanol–water partition coefficient (Wildman–Crippen LogP) is 4.38. The number of rotatable bonds is 3. The number of halogens is 1. The lowest BCUT2D eigenvalue weighted by atomic mass is 10.1. The normalized spacial score (nSPS) is 16.8. The van der Waals surface area contributed by atoms with E-state index in [9.17, 15) is 0 Å². The molecule has 0 amide bonds. The molecule has 3 rings (SSSR count). The minimum absolute atomic E-state index is 0.310. The highest BCUT2D eigenvalue weighted by Gasteiger charge is 2.18. The van der Waals surface area contributed by atoms with Crippen LogP contribution in [0.2, 0.25) is 0 Å². The van der Waals surface area contributed by atoms with Gasteiger partial charge in [-0.25, -0.2) is 0 Å². The molecule has 1 heterocycles. The lowest BCUT2D eigenvalue weighted by Gasteiger charge is -2.08. The first-order valence-electron chi connectivity index (χ1n) is 6.48. The zero-order valence-corrected chi connectivity index (χ0v) is 12.4. The van der Waals surface area contributed by atoms with Crippen molar-refractivity contribution < 1.29 is 4.74 Å². The van der Waals surface area contributed by atoms with Gasteiger partial charge in [-0.15, -0.1) is 0 Å². The van der Waals surface area contributed by atoms with Gasteiger partial charge < -0.3 is 10.1 Å². The first kappa shape index (κ1) is 12.5. The maximum Gasteiger partial charge on any atom is 0.123 e. The number of benzene rings is 2. The van der Waals surface area contributed by atoms with E-state index in [0.29, 0.717) is 6.10 Å². The van der Waals surface area contributed by atoms with Gasteiger partial charge in [-0.2, -0.15) is 0 Å². The van der Waals surface area contributed by atoms with Crippen molar-refractivity contribution in [2.24, 2.45) is 0 Å². The van der Waals surface area contributed by atoms with Crippen LogP contribution in [0.1, 0.15) is 18.1 Å². The Morgan fingerprint density at radius 2 is 2.00 bits per heavy atom. The van der Waals surface area contributed by atoms with Gasteiger partial charge in [0.15, 0.2) is 0 Å². The van der Waals surface area contributed by atoms with E-state index in [1.165, 1.54) is 11.1 Å². The Morgan fingerprint density at radius 3 is 2.79 bits per heavy atom. The van der Waals surface area contributed by atoms with E-state index in [0.717, 1.165) is 28.9 Å². The number of fused-ring (bicyclic) bond motifs is 1. The van der Waals surface area contributed by atoms with Crippen LogP contribution in [0.3, 0.4) is 0 Å². The third-order valence-corrected chi connectivity index (χ3v) is 3.83. The minimum atomic E-state index is 0.310. The topological polar surface area (TPSA) is 21.3 Å². The van der Waals surface area contributed by atoms with E-state index in [4.69, 9.17) is 4.74 Å². The molecule has 0 fully saturated rings. The average Bonchev–Trinajstić information content (AvgIpc) is 2.77. The molecular formula is C16H16BrNO. The summed E-state index contributed by atoms with van der Waals surface area (Å²) < 4.78 is 6.81. The summed E-state index contributed by atoms with van der Waals surface area (Å²) in [5.41, 5.74) is 3.75. The van der Waals surface area contributed by atoms with E-state index in [-0.39, 0.29) is 0 Å². The molecule has 0 aromatic heterocycles. The zero-order valence-electron chi connectivity index (χ0n) is 10.8. The largest absolute Gasteiger partial charge is 0.490 e. The fourth-order valence-electron chi connectivity index (χ4n) is 2.36. The van der Waals surface area contributed by atoms with Gasteiger partial charge in [0, 0.05) is 23.1 Å². The molecule has 19 heavy (non-hydrogen) atoms. The zero-order chi connectivity index (χ0) is 13.2. The monoisotopic (exact) mass is 317 g/mol. The van der Waals surface area contributed by atoms with Crippen LogP contribution in [-0.4, -0.2) is 6.10 Å². The molecule has 0 aliphatic carbocycles. The summed E-state index contributed by atoms with van der Waals surface area (Å²) in [6.45, 7) is 2.95. The summed E-state index contributed by atoms with van der Waals surface area (Å²) >= 11 is 3.44. The van der Waals surface area contributed by atoms with Crippen molar-refractivity contribution in [2.75, 3.05) is 5.32 Å². The molecule has 0 radical (unpaired) electrons. The van der Waals surface area contributed by atoms with Gasteiger partial charge in [-0.05, 0) is 48.4 Å². The average molecular weight is 318 g/mol. The van der Waals surface area contributed by atoms with E-state index in [1.54, 1.807) is 0 Å². The van der Waals surface area contributed by atoms with Crippen LogP contribution in [0.25, 0.3) is 0 Å². The van der Waals surface area contributed by atoms with Gasteiger partial charge in [0.2, 0.25) is 0 Å². The number of ether oxygens (including phenoxy) is 1. The Bertz CT molecular complexity index is 580. The molecular weight excluding hydrogens is 302 g/mol. The molecule has 0 unspecified atom stereocenters. The van der Waals surface area contributed by atoms with Gasteiger partial charge >= 0.3 is 0 Å². The van der Waals surface area contributed by atoms with Crippen LogP contribution in [0.15, 0.2) is 46.9 Å². The number of hydrogen-bond acceptors (Lipinski definition) is 2. The smallest absolute Gasteiger partial charge is 0.123 e. The molecule has 1 aliphatic rings. The molecule has 0 bridgehead atoms. The first-order valence-corrected chi connectivity index (χ1v) is 7.28. The molecule has 1 aliphatic heterocycles. The standard InChI is InChI=1S/C16H16BrNO/c1-11-8-13-9-12(2-7-16(13)19-11)10-18-15-5-3-14(17)4-6-15/h2-7,9,11,18H,8,10H2,1H3/t11-/m0/s1. The SMILES string of the molecule is C[C@H]1Cc2cc(CNc3ccc(Br)cc3)ccc2O1. The Kier molecular flexibility index (Phi) is 3.47. The van der Waals surface area contributed by atoms with Crippen molar-refractivity contribution in [2.45, 2.75) is 26.0 Å². The predicted molar refractivity (Wildman–Crippen MR) is 81.7 cm³/mol. The highest BCUT2D eigenvalue weighted by Crippen LogP contribution is 2.29. The molecule has 0 saturated heterocycles. The third-order valence-electron chi connectivity index (χ3n) is 3.30. The van der Waals surface area contributed by atoms with E-state index >= 15 is 0 Å². The van der Waals surface area contributed by atoms with Gasteiger partial charge in [0.25, 0.3) is 0 Å². The number of anilines is 1. The van der Waals surface area contributed by atoms with E-state index in [2.05, 4.69) is 58.5 Å². The maximum atomic E-state index is 5.71. The lowest BCUT2D eigenvalue weighted by molar-refractivity contribution is 0.254. The number of hydrogen-bond donors (Lipinski definition) is 1. The second-order valence-electron chi connectivity index (χ2n) is 4.94. The second kappa shape index (κ2) is 5.25. The highest BCUT2D eigenvalue weighted by molar-refractivity contribution is 9.10. The van der Waals surface area contributed by atoms with Crippen LogP contribution in [-0.2, 0) is 13.0 Å². The van der Waals surface area contributed by atoms with Crippen molar-refractivity contribution in [3.05, 3.63) is 58.1 Å². The van der Waals surface area contributed by atoms with Crippen LogP contribution >= 0.6 is 15.9 Å². The summed E-state index contributed by atoms with van der Waals surface area (Å²) in [6, 6.07) is 14.7.